The molecule has 19 heavy (non-hydrogen) atoms. The predicted molar refractivity (Wildman–Crippen MR) is 72.8 cm³/mol. The largest absolute Gasteiger partial charge is 0.497 e. The van der Waals surface area contributed by atoms with Gasteiger partial charge in [0.2, 0.25) is 0 Å². The van der Waals surface area contributed by atoms with Gasteiger partial charge < -0.3 is 15.2 Å². The van der Waals surface area contributed by atoms with Crippen LogP contribution in [0.25, 0.3) is 11.1 Å². The van der Waals surface area contributed by atoms with E-state index in [0.717, 1.165) is 16.7 Å². The van der Waals surface area contributed by atoms with Gasteiger partial charge in [-0.25, -0.2) is 4.39 Å². The minimum absolute atomic E-state index is 0.257. The maximum atomic E-state index is 13.3. The van der Waals surface area contributed by atoms with E-state index in [1.807, 2.05) is 18.2 Å². The first-order valence-corrected chi connectivity index (χ1v) is 5.90. The molecule has 0 radical (unpaired) electrons. The number of hydrogen-bond donors (Lipinski definition) is 1. The van der Waals surface area contributed by atoms with E-state index in [1.54, 1.807) is 20.3 Å². The van der Waals surface area contributed by atoms with Crippen molar-refractivity contribution in [3.8, 4) is 22.6 Å². The van der Waals surface area contributed by atoms with Crippen LogP contribution in [0.1, 0.15) is 5.56 Å². The number of rotatable bonds is 4. The third kappa shape index (κ3) is 2.69. The van der Waals surface area contributed by atoms with Gasteiger partial charge in [-0.2, -0.15) is 0 Å². The van der Waals surface area contributed by atoms with Gasteiger partial charge in [-0.3, -0.25) is 0 Å². The highest BCUT2D eigenvalue weighted by Crippen LogP contribution is 2.35. The fraction of sp³-hybridized carbons (Fsp3) is 0.200. The molecule has 3 nitrogen and oxygen atoms in total. The summed E-state index contributed by atoms with van der Waals surface area (Å²) in [6.07, 6.45) is 0. The van der Waals surface area contributed by atoms with Gasteiger partial charge in [0, 0.05) is 12.1 Å². The molecule has 0 saturated heterocycles. The molecule has 0 bridgehead atoms. The molecule has 0 saturated carbocycles. The highest BCUT2D eigenvalue weighted by Gasteiger charge is 2.11. The lowest BCUT2D eigenvalue weighted by atomic mass is 9.98. The van der Waals surface area contributed by atoms with Crippen LogP contribution in [0.4, 0.5) is 4.39 Å². The lowest BCUT2D eigenvalue weighted by Gasteiger charge is -2.13. The van der Waals surface area contributed by atoms with Crippen LogP contribution in [-0.4, -0.2) is 14.2 Å². The molecule has 0 fully saturated rings. The van der Waals surface area contributed by atoms with Gasteiger partial charge in [0.15, 0.2) is 0 Å². The number of halogens is 1. The molecule has 100 valence electrons. The predicted octanol–water partition coefficient (Wildman–Crippen LogP) is 2.97. The summed E-state index contributed by atoms with van der Waals surface area (Å²) < 4.78 is 23.8. The zero-order valence-electron chi connectivity index (χ0n) is 10.9. The number of nitrogens with two attached hydrogens (primary N) is 1. The van der Waals surface area contributed by atoms with Gasteiger partial charge in [-0.1, -0.05) is 6.07 Å². The summed E-state index contributed by atoms with van der Waals surface area (Å²) in [6.45, 7) is 0.257. The van der Waals surface area contributed by atoms with Crippen LogP contribution in [0, 0.1) is 5.82 Å². The molecule has 4 heteroatoms. The van der Waals surface area contributed by atoms with Gasteiger partial charge in [0.1, 0.15) is 17.3 Å². The summed E-state index contributed by atoms with van der Waals surface area (Å²) in [4.78, 5) is 0. The van der Waals surface area contributed by atoms with Gasteiger partial charge in [-0.15, -0.1) is 0 Å². The van der Waals surface area contributed by atoms with E-state index in [9.17, 15) is 4.39 Å². The van der Waals surface area contributed by atoms with Crippen LogP contribution in [0.5, 0.6) is 11.5 Å². The molecule has 0 aromatic heterocycles. The maximum absolute atomic E-state index is 13.3. The highest BCUT2D eigenvalue weighted by atomic mass is 19.1. The molecule has 2 rings (SSSR count). The fourth-order valence-corrected chi connectivity index (χ4v) is 2.02. The van der Waals surface area contributed by atoms with Gasteiger partial charge in [-0.05, 0) is 41.5 Å². The molecular formula is C15H16FNO2. The van der Waals surface area contributed by atoms with Crippen molar-refractivity contribution in [2.75, 3.05) is 14.2 Å². The van der Waals surface area contributed by atoms with E-state index in [4.69, 9.17) is 15.2 Å². The first kappa shape index (κ1) is 13.4. The average Bonchev–Trinajstić information content (AvgIpc) is 2.46. The van der Waals surface area contributed by atoms with Crippen molar-refractivity contribution in [2.24, 2.45) is 5.73 Å². The molecule has 0 aliphatic rings. The third-order valence-electron chi connectivity index (χ3n) is 2.98. The van der Waals surface area contributed by atoms with Crippen molar-refractivity contribution in [1.82, 2.24) is 0 Å². The van der Waals surface area contributed by atoms with Crippen LogP contribution in [0.2, 0.25) is 0 Å². The smallest absolute Gasteiger partial charge is 0.126 e. The molecule has 2 N–H and O–H groups in total. The Morgan fingerprint density at radius 3 is 2.42 bits per heavy atom. The number of benzene rings is 2. The molecule has 2 aromatic rings. The molecule has 0 atom stereocenters. The fourth-order valence-electron chi connectivity index (χ4n) is 2.02. The van der Waals surface area contributed by atoms with Crippen LogP contribution in [-0.2, 0) is 6.54 Å². The Bertz CT molecular complexity index is 584. The Kier molecular flexibility index (Phi) is 4.02. The van der Waals surface area contributed by atoms with Gasteiger partial charge >= 0.3 is 0 Å². The van der Waals surface area contributed by atoms with Crippen molar-refractivity contribution < 1.29 is 13.9 Å². The normalized spacial score (nSPS) is 10.3. The number of ether oxygens (including phenoxy) is 2. The molecule has 0 spiro atoms. The third-order valence-corrected chi connectivity index (χ3v) is 2.98. The van der Waals surface area contributed by atoms with E-state index < -0.39 is 0 Å². The minimum Gasteiger partial charge on any atom is -0.497 e. The molecule has 0 aliphatic heterocycles. The highest BCUT2D eigenvalue weighted by molar-refractivity contribution is 5.74. The molecule has 0 unspecified atom stereocenters. The summed E-state index contributed by atoms with van der Waals surface area (Å²) in [5.41, 5.74) is 8.09. The second kappa shape index (κ2) is 5.71. The monoisotopic (exact) mass is 261 g/mol. The summed E-state index contributed by atoms with van der Waals surface area (Å²) >= 11 is 0. The Balaban J connectivity index is 2.62. The lowest BCUT2D eigenvalue weighted by Crippen LogP contribution is -2.01. The van der Waals surface area contributed by atoms with Crippen molar-refractivity contribution in [1.29, 1.82) is 0 Å². The number of methoxy groups -OCH3 is 2. The van der Waals surface area contributed by atoms with Crippen molar-refractivity contribution >= 4 is 0 Å². The Labute approximate surface area is 111 Å². The zero-order valence-corrected chi connectivity index (χ0v) is 10.9. The lowest BCUT2D eigenvalue weighted by molar-refractivity contribution is 0.404. The van der Waals surface area contributed by atoms with Crippen LogP contribution in [0.3, 0.4) is 0 Å². The molecule has 0 aliphatic carbocycles. The second-order valence-corrected chi connectivity index (χ2v) is 4.07. The SMILES string of the molecule is COc1ccc(OC)c(-c2ccc(F)cc2CN)c1. The van der Waals surface area contributed by atoms with E-state index in [-0.39, 0.29) is 12.4 Å². The molecule has 0 heterocycles. The Morgan fingerprint density at radius 2 is 1.79 bits per heavy atom. The van der Waals surface area contributed by atoms with E-state index >= 15 is 0 Å². The maximum Gasteiger partial charge on any atom is 0.126 e. The van der Waals surface area contributed by atoms with E-state index in [0.29, 0.717) is 11.5 Å². The van der Waals surface area contributed by atoms with Crippen molar-refractivity contribution in [3.05, 3.63) is 47.8 Å². The topological polar surface area (TPSA) is 44.5 Å². The van der Waals surface area contributed by atoms with E-state index in [2.05, 4.69) is 0 Å². The summed E-state index contributed by atoms with van der Waals surface area (Å²) in [5.74, 6) is 1.11. The molecule has 0 amide bonds. The number of hydrogen-bond acceptors (Lipinski definition) is 3. The standard InChI is InChI=1S/C15H16FNO2/c1-18-12-4-6-15(19-2)14(8-12)13-5-3-11(16)7-10(13)9-17/h3-8H,9,17H2,1-2H3. The van der Waals surface area contributed by atoms with Crippen LogP contribution in [0.15, 0.2) is 36.4 Å². The van der Waals surface area contributed by atoms with Crippen molar-refractivity contribution in [2.45, 2.75) is 6.54 Å². The first-order valence-electron chi connectivity index (χ1n) is 5.90. The average molecular weight is 261 g/mol. The Hall–Kier alpha value is -2.07. The van der Waals surface area contributed by atoms with E-state index in [1.165, 1.54) is 12.1 Å². The van der Waals surface area contributed by atoms with Crippen molar-refractivity contribution in [3.63, 3.8) is 0 Å². The molecule has 2 aromatic carbocycles. The summed E-state index contributed by atoms with van der Waals surface area (Å²) in [5, 5.41) is 0. The molecular weight excluding hydrogens is 245 g/mol. The second-order valence-electron chi connectivity index (χ2n) is 4.07. The van der Waals surface area contributed by atoms with Crippen LogP contribution >= 0.6 is 0 Å². The van der Waals surface area contributed by atoms with Crippen LogP contribution < -0.4 is 15.2 Å². The Morgan fingerprint density at radius 1 is 1.00 bits per heavy atom. The quantitative estimate of drug-likeness (QED) is 0.920. The van der Waals surface area contributed by atoms with Gasteiger partial charge in [0.25, 0.3) is 0 Å². The summed E-state index contributed by atoms with van der Waals surface area (Å²) in [6, 6.07) is 10.0. The minimum atomic E-state index is -0.300. The first-order chi connectivity index (χ1) is 9.19. The van der Waals surface area contributed by atoms with Gasteiger partial charge in [0.05, 0.1) is 14.2 Å². The zero-order chi connectivity index (χ0) is 13.8. The summed E-state index contributed by atoms with van der Waals surface area (Å²) in [7, 11) is 3.19.